The molecule has 1 amide bonds. The average Bonchev–Trinajstić information content (AvgIpc) is 3.17. The van der Waals surface area contributed by atoms with Crippen molar-refractivity contribution < 1.29 is 22.7 Å². The SMILES string of the molecule is COc1cccc(Cn2c(-c3ccc(Cl)cc3)nn(CC(=O)NCc3cccc(C(F)(F)F)c3)c2=O)c1. The smallest absolute Gasteiger partial charge is 0.416 e. The van der Waals surface area contributed by atoms with E-state index in [0.717, 1.165) is 22.4 Å². The van der Waals surface area contributed by atoms with E-state index in [0.29, 0.717) is 22.2 Å². The van der Waals surface area contributed by atoms with E-state index in [4.69, 9.17) is 16.3 Å². The number of nitrogens with one attached hydrogen (secondary N) is 1. The highest BCUT2D eigenvalue weighted by Gasteiger charge is 2.30. The Morgan fingerprint density at radius 3 is 2.43 bits per heavy atom. The summed E-state index contributed by atoms with van der Waals surface area (Å²) in [6, 6.07) is 18.6. The molecule has 0 aliphatic heterocycles. The molecule has 1 aromatic heterocycles. The molecule has 0 saturated heterocycles. The number of carbonyl (C=O) groups excluding carboxylic acids is 1. The Kier molecular flexibility index (Phi) is 7.68. The Morgan fingerprint density at radius 2 is 1.73 bits per heavy atom. The monoisotopic (exact) mass is 530 g/mol. The fourth-order valence-corrected chi connectivity index (χ4v) is 3.83. The van der Waals surface area contributed by atoms with Crippen LogP contribution in [0.15, 0.2) is 77.6 Å². The Bertz CT molecular complexity index is 1460. The molecule has 7 nitrogen and oxygen atoms in total. The number of halogens is 4. The topological polar surface area (TPSA) is 78.2 Å². The van der Waals surface area contributed by atoms with Gasteiger partial charge in [0, 0.05) is 17.1 Å². The number of nitrogens with zero attached hydrogens (tertiary/aromatic N) is 3. The average molecular weight is 531 g/mol. The fourth-order valence-electron chi connectivity index (χ4n) is 3.70. The summed E-state index contributed by atoms with van der Waals surface area (Å²) in [5, 5.41) is 7.43. The third kappa shape index (κ3) is 6.39. The zero-order valence-corrected chi connectivity index (χ0v) is 20.4. The molecule has 0 radical (unpaired) electrons. The van der Waals surface area contributed by atoms with Crippen molar-refractivity contribution in [2.24, 2.45) is 0 Å². The second-order valence-electron chi connectivity index (χ2n) is 8.18. The van der Waals surface area contributed by atoms with Crippen LogP contribution in [0.25, 0.3) is 11.4 Å². The molecule has 1 N–H and O–H groups in total. The first-order chi connectivity index (χ1) is 17.6. The van der Waals surface area contributed by atoms with Crippen LogP contribution in [0.5, 0.6) is 5.75 Å². The van der Waals surface area contributed by atoms with Crippen molar-refractivity contribution in [2.45, 2.75) is 25.8 Å². The van der Waals surface area contributed by atoms with Crippen LogP contribution in [-0.2, 0) is 30.6 Å². The quantitative estimate of drug-likeness (QED) is 0.356. The van der Waals surface area contributed by atoms with Gasteiger partial charge in [0.25, 0.3) is 0 Å². The minimum Gasteiger partial charge on any atom is -0.497 e. The summed E-state index contributed by atoms with van der Waals surface area (Å²) >= 11 is 6.00. The van der Waals surface area contributed by atoms with Crippen molar-refractivity contribution >= 4 is 17.5 Å². The van der Waals surface area contributed by atoms with Crippen LogP contribution in [0.2, 0.25) is 5.02 Å². The zero-order valence-electron chi connectivity index (χ0n) is 19.6. The Hall–Kier alpha value is -4.05. The lowest BCUT2D eigenvalue weighted by atomic mass is 10.1. The summed E-state index contributed by atoms with van der Waals surface area (Å²) in [5.41, 5.74) is 0.347. The molecule has 0 aliphatic carbocycles. The maximum absolute atomic E-state index is 13.3. The van der Waals surface area contributed by atoms with E-state index in [-0.39, 0.29) is 18.7 Å². The van der Waals surface area contributed by atoms with Crippen LogP contribution < -0.4 is 15.7 Å². The van der Waals surface area contributed by atoms with E-state index >= 15 is 0 Å². The predicted molar refractivity (Wildman–Crippen MR) is 132 cm³/mol. The van der Waals surface area contributed by atoms with Gasteiger partial charge in [-0.1, -0.05) is 35.9 Å². The molecule has 4 rings (SSSR count). The van der Waals surface area contributed by atoms with Crippen LogP contribution >= 0.6 is 11.6 Å². The van der Waals surface area contributed by atoms with Gasteiger partial charge in [0.1, 0.15) is 12.3 Å². The Labute approximate surface area is 215 Å². The minimum atomic E-state index is -4.49. The number of hydrogen-bond donors (Lipinski definition) is 1. The molecule has 0 bridgehead atoms. The third-order valence-corrected chi connectivity index (χ3v) is 5.79. The number of methoxy groups -OCH3 is 1. The molecular weight excluding hydrogens is 509 g/mol. The van der Waals surface area contributed by atoms with Gasteiger partial charge >= 0.3 is 11.9 Å². The van der Waals surface area contributed by atoms with Gasteiger partial charge in [0.05, 0.1) is 19.2 Å². The van der Waals surface area contributed by atoms with Gasteiger partial charge in [-0.25, -0.2) is 9.48 Å². The standard InChI is InChI=1S/C26H22ClF3N4O3/c1-37-22-7-3-5-18(13-22)15-33-24(19-8-10-21(27)11-9-19)32-34(25(33)36)16-23(35)31-14-17-4-2-6-20(12-17)26(28,29)30/h2-13H,14-16H2,1H3,(H,31,35). The second-order valence-corrected chi connectivity index (χ2v) is 8.62. The zero-order chi connectivity index (χ0) is 26.6. The lowest BCUT2D eigenvalue weighted by molar-refractivity contribution is -0.137. The van der Waals surface area contributed by atoms with Gasteiger partial charge in [0.15, 0.2) is 5.82 Å². The van der Waals surface area contributed by atoms with Crippen molar-refractivity contribution in [2.75, 3.05) is 7.11 Å². The van der Waals surface area contributed by atoms with Crippen LogP contribution in [0.3, 0.4) is 0 Å². The number of ether oxygens (including phenoxy) is 1. The number of aromatic nitrogens is 3. The number of alkyl halides is 3. The second kappa shape index (κ2) is 10.9. The first kappa shape index (κ1) is 26.0. The van der Waals surface area contributed by atoms with Gasteiger partial charge in [-0.05, 0) is 59.7 Å². The number of hydrogen-bond acceptors (Lipinski definition) is 4. The van der Waals surface area contributed by atoms with Crippen LogP contribution in [0.1, 0.15) is 16.7 Å². The maximum Gasteiger partial charge on any atom is 0.416 e. The van der Waals surface area contributed by atoms with Crippen molar-refractivity contribution in [1.29, 1.82) is 0 Å². The summed E-state index contributed by atoms with van der Waals surface area (Å²) < 4.78 is 46.6. The lowest BCUT2D eigenvalue weighted by Crippen LogP contribution is -2.33. The number of rotatable bonds is 8. The molecule has 0 spiro atoms. The highest BCUT2D eigenvalue weighted by molar-refractivity contribution is 6.30. The molecule has 4 aromatic rings. The maximum atomic E-state index is 13.3. The predicted octanol–water partition coefficient (Wildman–Crippen LogP) is 4.76. The number of benzene rings is 3. The van der Waals surface area contributed by atoms with Crippen molar-refractivity contribution in [3.05, 3.63) is 105 Å². The van der Waals surface area contributed by atoms with E-state index in [1.807, 2.05) is 6.07 Å². The van der Waals surface area contributed by atoms with Crippen LogP contribution in [0.4, 0.5) is 13.2 Å². The molecule has 37 heavy (non-hydrogen) atoms. The summed E-state index contributed by atoms with van der Waals surface area (Å²) in [6.07, 6.45) is -4.49. The number of amides is 1. The summed E-state index contributed by atoms with van der Waals surface area (Å²) in [6.45, 7) is -0.380. The van der Waals surface area contributed by atoms with Gasteiger partial charge in [-0.2, -0.15) is 13.2 Å². The molecule has 3 aromatic carbocycles. The van der Waals surface area contributed by atoms with Crippen LogP contribution in [-0.4, -0.2) is 27.4 Å². The highest BCUT2D eigenvalue weighted by atomic mass is 35.5. The van der Waals surface area contributed by atoms with E-state index < -0.39 is 29.9 Å². The molecule has 0 atom stereocenters. The molecule has 0 aliphatic rings. The van der Waals surface area contributed by atoms with Crippen molar-refractivity contribution in [3.8, 4) is 17.1 Å². The Balaban J connectivity index is 1.57. The molecule has 0 unspecified atom stereocenters. The third-order valence-electron chi connectivity index (χ3n) is 5.54. The van der Waals surface area contributed by atoms with Crippen molar-refractivity contribution in [3.63, 3.8) is 0 Å². The normalized spacial score (nSPS) is 11.4. The van der Waals surface area contributed by atoms with E-state index in [1.165, 1.54) is 16.7 Å². The van der Waals surface area contributed by atoms with E-state index in [9.17, 15) is 22.8 Å². The molecule has 1 heterocycles. The molecule has 11 heteroatoms. The van der Waals surface area contributed by atoms with Crippen molar-refractivity contribution in [1.82, 2.24) is 19.7 Å². The molecule has 0 saturated carbocycles. The van der Waals surface area contributed by atoms with Gasteiger partial charge < -0.3 is 10.1 Å². The molecule has 192 valence electrons. The Morgan fingerprint density at radius 1 is 1.03 bits per heavy atom. The van der Waals surface area contributed by atoms with E-state index in [1.54, 1.807) is 49.6 Å². The minimum absolute atomic E-state index is 0.133. The summed E-state index contributed by atoms with van der Waals surface area (Å²) in [4.78, 5) is 25.8. The summed E-state index contributed by atoms with van der Waals surface area (Å²) in [7, 11) is 1.54. The lowest BCUT2D eigenvalue weighted by Gasteiger charge is -2.09. The molecule has 0 fully saturated rings. The molecular formula is C26H22ClF3N4O3. The first-order valence-electron chi connectivity index (χ1n) is 11.1. The van der Waals surface area contributed by atoms with Gasteiger partial charge in [0.2, 0.25) is 5.91 Å². The van der Waals surface area contributed by atoms with Gasteiger partial charge in [-0.3, -0.25) is 9.36 Å². The summed E-state index contributed by atoms with van der Waals surface area (Å²) in [5.74, 6) is 0.378. The first-order valence-corrected chi connectivity index (χ1v) is 11.5. The fraction of sp³-hybridized carbons (Fsp3) is 0.192. The number of carbonyl (C=O) groups is 1. The highest BCUT2D eigenvalue weighted by Crippen LogP contribution is 2.29. The van der Waals surface area contributed by atoms with E-state index in [2.05, 4.69) is 10.4 Å². The largest absolute Gasteiger partial charge is 0.497 e. The van der Waals surface area contributed by atoms with Gasteiger partial charge in [-0.15, -0.1) is 5.10 Å². The van der Waals surface area contributed by atoms with Crippen LogP contribution in [0, 0.1) is 0 Å².